The van der Waals surface area contributed by atoms with E-state index in [-0.39, 0.29) is 30.3 Å². The largest absolute Gasteiger partial charge is 0.461 e. The molecule has 216 valence electrons. The van der Waals surface area contributed by atoms with E-state index < -0.39 is 34.6 Å². The van der Waals surface area contributed by atoms with Gasteiger partial charge in [-0.1, -0.05) is 49.1 Å². The minimum atomic E-state index is -0.820. The highest BCUT2D eigenvalue weighted by Gasteiger charge is 2.74. The summed E-state index contributed by atoms with van der Waals surface area (Å²) in [5.41, 5.74) is 0.751. The number of carbonyl (C=O) groups excluding carboxylic acids is 3. The highest BCUT2D eigenvalue weighted by atomic mass is 32.2. The van der Waals surface area contributed by atoms with Crippen LogP contribution in [0.4, 0.5) is 0 Å². The number of rotatable bonds is 12. The average Bonchev–Trinajstić information content (AvgIpc) is 3.63. The Morgan fingerprint density at radius 3 is 2.65 bits per heavy atom. The van der Waals surface area contributed by atoms with Crippen molar-refractivity contribution in [2.24, 2.45) is 11.8 Å². The first-order valence-electron chi connectivity index (χ1n) is 14.1. The maximum atomic E-state index is 14.6. The van der Waals surface area contributed by atoms with Gasteiger partial charge in [0.05, 0.1) is 42.4 Å². The molecule has 2 bridgehead atoms. The summed E-state index contributed by atoms with van der Waals surface area (Å²) in [5.74, 6) is -2.16. The van der Waals surface area contributed by atoms with Gasteiger partial charge in [0.15, 0.2) is 0 Å². The van der Waals surface area contributed by atoms with Crippen molar-refractivity contribution in [2.45, 2.75) is 34.9 Å². The molecule has 10 heteroatoms. The van der Waals surface area contributed by atoms with E-state index in [1.54, 1.807) is 27.6 Å². The Kier molecular flexibility index (Phi) is 8.99. The number of nitrogens with zero attached hydrogens (tertiary/aromatic N) is 3. The number of ether oxygens (including phenoxy) is 2. The fraction of sp³-hybridized carbons (Fsp3) is 0.567. The van der Waals surface area contributed by atoms with Gasteiger partial charge in [0.2, 0.25) is 11.8 Å². The number of likely N-dealkylation sites (tertiary alicyclic amines) is 1. The van der Waals surface area contributed by atoms with Crippen LogP contribution in [0.2, 0.25) is 0 Å². The quantitative estimate of drug-likeness (QED) is 0.301. The van der Waals surface area contributed by atoms with E-state index in [2.05, 4.69) is 18.1 Å². The molecule has 2 unspecified atom stereocenters. The van der Waals surface area contributed by atoms with Crippen LogP contribution in [0.3, 0.4) is 0 Å². The van der Waals surface area contributed by atoms with Gasteiger partial charge in [-0.25, -0.2) is 0 Å². The van der Waals surface area contributed by atoms with E-state index in [0.717, 1.165) is 25.1 Å². The Balaban J connectivity index is 1.51. The number of aliphatic hydroxyl groups excluding tert-OH is 1. The zero-order valence-corrected chi connectivity index (χ0v) is 23.7. The number of hydrogen-bond acceptors (Lipinski definition) is 8. The topological polar surface area (TPSA) is 99.6 Å². The lowest BCUT2D eigenvalue weighted by atomic mass is 9.71. The Labute approximate surface area is 240 Å². The van der Waals surface area contributed by atoms with Crippen LogP contribution in [0.5, 0.6) is 0 Å². The van der Waals surface area contributed by atoms with Gasteiger partial charge >= 0.3 is 5.97 Å². The smallest absolute Gasteiger partial charge is 0.311 e. The summed E-state index contributed by atoms with van der Waals surface area (Å²) >= 11 is 1.60. The van der Waals surface area contributed by atoms with Crippen LogP contribution in [0, 0.1) is 11.8 Å². The van der Waals surface area contributed by atoms with Gasteiger partial charge in [0.25, 0.3) is 0 Å². The van der Waals surface area contributed by atoms with E-state index in [0.29, 0.717) is 39.3 Å². The number of fused-ring (bicyclic) bond motifs is 1. The van der Waals surface area contributed by atoms with Gasteiger partial charge < -0.3 is 24.4 Å². The third-order valence-corrected chi connectivity index (χ3v) is 10.7. The van der Waals surface area contributed by atoms with Crippen molar-refractivity contribution in [3.8, 4) is 0 Å². The van der Waals surface area contributed by atoms with Crippen LogP contribution < -0.4 is 0 Å². The summed E-state index contributed by atoms with van der Waals surface area (Å²) < 4.78 is 10.2. The first-order chi connectivity index (χ1) is 19.5. The fourth-order valence-corrected chi connectivity index (χ4v) is 9.14. The average molecular weight is 570 g/mol. The van der Waals surface area contributed by atoms with Crippen molar-refractivity contribution >= 4 is 29.5 Å². The molecule has 0 radical (unpaired) electrons. The first-order valence-corrected chi connectivity index (χ1v) is 15.0. The highest BCUT2D eigenvalue weighted by molar-refractivity contribution is 8.02. The molecule has 6 atom stereocenters. The van der Waals surface area contributed by atoms with Crippen molar-refractivity contribution < 1.29 is 29.0 Å². The number of morpholine rings is 1. The summed E-state index contributed by atoms with van der Waals surface area (Å²) in [6.45, 7) is 11.7. The first kappa shape index (κ1) is 28.9. The molecule has 2 amide bonds. The molecule has 1 N–H and O–H groups in total. The summed E-state index contributed by atoms with van der Waals surface area (Å²) in [5, 5.41) is 10.5. The van der Waals surface area contributed by atoms with Crippen LogP contribution in [-0.2, 0) is 23.9 Å². The molecular weight excluding hydrogens is 530 g/mol. The van der Waals surface area contributed by atoms with Crippen LogP contribution >= 0.6 is 11.8 Å². The third-order valence-electron chi connectivity index (χ3n) is 8.73. The monoisotopic (exact) mass is 569 g/mol. The number of amides is 2. The van der Waals surface area contributed by atoms with E-state index >= 15 is 0 Å². The SMILES string of the molecule is C=CCOC(=O)[C@@H]1[C@@H]2CCC3(S2)C(C(=O)N(CC=C)CCN2CCOCC2)N([C@H](CO)c2ccccc2)C(=O)[C@H]13. The standard InChI is InChI=1S/C30H39N3O6S/c1-3-12-32(14-13-31-15-18-38-19-16-31)28(36)26-30-11-10-23(40-30)24(29(37)39-17-4-2)25(30)27(35)33(26)22(20-34)21-8-6-5-7-9-21/h3-9,22-26,34H,1-2,10-20H2/t22-,23+,24-,25+,26?,30?/m1/s1. The zero-order valence-electron chi connectivity index (χ0n) is 22.9. The lowest BCUT2D eigenvalue weighted by molar-refractivity contribution is -0.153. The van der Waals surface area contributed by atoms with Crippen molar-refractivity contribution in [3.05, 3.63) is 61.2 Å². The minimum Gasteiger partial charge on any atom is -0.461 e. The molecule has 0 saturated carbocycles. The maximum absolute atomic E-state index is 14.6. The lowest BCUT2D eigenvalue weighted by Gasteiger charge is -2.40. The lowest BCUT2D eigenvalue weighted by Crippen LogP contribution is -2.56. The molecule has 5 rings (SSSR count). The van der Waals surface area contributed by atoms with Crippen molar-refractivity contribution in [1.29, 1.82) is 0 Å². The van der Waals surface area contributed by atoms with E-state index in [1.807, 2.05) is 30.3 Å². The Morgan fingerprint density at radius 2 is 1.98 bits per heavy atom. The van der Waals surface area contributed by atoms with Crippen molar-refractivity contribution in [2.75, 3.05) is 59.2 Å². The molecule has 1 aromatic rings. The van der Waals surface area contributed by atoms with E-state index in [4.69, 9.17) is 9.47 Å². The molecule has 40 heavy (non-hydrogen) atoms. The molecule has 4 fully saturated rings. The number of aliphatic hydroxyl groups is 1. The maximum Gasteiger partial charge on any atom is 0.311 e. The van der Waals surface area contributed by atoms with Crippen LogP contribution in [0.1, 0.15) is 24.4 Å². The summed E-state index contributed by atoms with van der Waals surface area (Å²) in [6.07, 6.45) is 4.60. The number of benzene rings is 1. The van der Waals surface area contributed by atoms with Gasteiger partial charge in [-0.3, -0.25) is 19.3 Å². The molecule has 1 aromatic carbocycles. The predicted molar refractivity (Wildman–Crippen MR) is 152 cm³/mol. The van der Waals surface area contributed by atoms with Crippen molar-refractivity contribution in [3.63, 3.8) is 0 Å². The Morgan fingerprint density at radius 1 is 1.23 bits per heavy atom. The van der Waals surface area contributed by atoms with Crippen LogP contribution in [0.15, 0.2) is 55.6 Å². The zero-order chi connectivity index (χ0) is 28.3. The Hall–Kier alpha value is -2.66. The number of thioether (sulfide) groups is 1. The molecule has 4 aliphatic heterocycles. The summed E-state index contributed by atoms with van der Waals surface area (Å²) in [6, 6.07) is 7.79. The minimum absolute atomic E-state index is 0.0740. The second-order valence-corrected chi connectivity index (χ2v) is 12.5. The molecule has 4 saturated heterocycles. The molecule has 4 aliphatic rings. The van der Waals surface area contributed by atoms with Gasteiger partial charge in [0.1, 0.15) is 12.6 Å². The summed E-state index contributed by atoms with van der Waals surface area (Å²) in [7, 11) is 0. The van der Waals surface area contributed by atoms with Crippen molar-refractivity contribution in [1.82, 2.24) is 14.7 Å². The van der Waals surface area contributed by atoms with Gasteiger partial charge in [-0.2, -0.15) is 0 Å². The van der Waals surface area contributed by atoms with Gasteiger partial charge in [-0.15, -0.1) is 18.3 Å². The molecule has 0 aromatic heterocycles. The molecule has 0 aliphatic carbocycles. The van der Waals surface area contributed by atoms with Gasteiger partial charge in [-0.05, 0) is 18.4 Å². The molecule has 9 nitrogen and oxygen atoms in total. The number of esters is 1. The fourth-order valence-electron chi connectivity index (χ4n) is 6.95. The number of carbonyl (C=O) groups is 3. The molecule has 1 spiro atoms. The Bertz CT molecular complexity index is 1110. The number of hydrogen-bond donors (Lipinski definition) is 1. The summed E-state index contributed by atoms with van der Waals surface area (Å²) in [4.78, 5) is 47.9. The molecular formula is C30H39N3O6S. The van der Waals surface area contributed by atoms with E-state index in [9.17, 15) is 19.5 Å². The van der Waals surface area contributed by atoms with Crippen LogP contribution in [-0.4, -0.2) is 113 Å². The third kappa shape index (κ3) is 5.11. The van der Waals surface area contributed by atoms with Crippen LogP contribution in [0.25, 0.3) is 0 Å². The normalized spacial score (nSPS) is 30.1. The molecule has 4 heterocycles. The predicted octanol–water partition coefficient (Wildman–Crippen LogP) is 1.89. The second kappa shape index (κ2) is 12.5. The highest BCUT2D eigenvalue weighted by Crippen LogP contribution is 2.67. The van der Waals surface area contributed by atoms with E-state index in [1.165, 1.54) is 6.08 Å². The second-order valence-electron chi connectivity index (χ2n) is 10.9. The van der Waals surface area contributed by atoms with Gasteiger partial charge in [0, 0.05) is 38.0 Å².